The number of hydrogen-bond acceptors (Lipinski definition) is 3. The third-order valence-electron chi connectivity index (χ3n) is 3.12. The molecule has 0 N–H and O–H groups in total. The van der Waals surface area contributed by atoms with E-state index in [1.54, 1.807) is 14.2 Å². The zero-order chi connectivity index (χ0) is 14.5. The van der Waals surface area contributed by atoms with Crippen LogP contribution in [0, 0.1) is 0 Å². The van der Waals surface area contributed by atoms with Crippen LogP contribution in [0.4, 0.5) is 0 Å². The second-order valence-electron chi connectivity index (χ2n) is 5.03. The number of alkyl halides is 1. The maximum absolute atomic E-state index is 5.67. The number of ether oxygens (including phenoxy) is 3. The van der Waals surface area contributed by atoms with Crippen LogP contribution in [-0.2, 0) is 14.2 Å². The third kappa shape index (κ3) is 4.61. The first-order chi connectivity index (χ1) is 8.92. The summed E-state index contributed by atoms with van der Waals surface area (Å²) in [6, 6.07) is 0. The van der Waals surface area contributed by atoms with Crippen molar-refractivity contribution in [1.82, 2.24) is 0 Å². The highest BCUT2D eigenvalue weighted by Crippen LogP contribution is 2.35. The summed E-state index contributed by atoms with van der Waals surface area (Å²) in [5.74, 6) is 0.897. The quantitative estimate of drug-likeness (QED) is 0.303. The summed E-state index contributed by atoms with van der Waals surface area (Å²) in [6.45, 7) is 6.56. The van der Waals surface area contributed by atoms with Gasteiger partial charge in [0.05, 0.1) is 9.53 Å². The van der Waals surface area contributed by atoms with Gasteiger partial charge in [0.1, 0.15) is 5.76 Å². The molecule has 2 atom stereocenters. The molecule has 1 rings (SSSR count). The molecule has 1 aliphatic carbocycles. The SMILES string of the molecule is COCOC1=CC(I)C(C)(OC)C=C1CC=C(C)C. The Morgan fingerprint density at radius 3 is 2.63 bits per heavy atom. The van der Waals surface area contributed by atoms with E-state index in [0.717, 1.165) is 17.8 Å². The lowest BCUT2D eigenvalue weighted by molar-refractivity contribution is 0.00384. The number of hydrogen-bond donors (Lipinski definition) is 0. The van der Waals surface area contributed by atoms with Crippen LogP contribution in [-0.4, -0.2) is 30.5 Å². The van der Waals surface area contributed by atoms with Crippen molar-refractivity contribution in [3.05, 3.63) is 35.1 Å². The Kier molecular flexibility index (Phi) is 6.56. The second kappa shape index (κ2) is 7.45. The molecule has 19 heavy (non-hydrogen) atoms. The summed E-state index contributed by atoms with van der Waals surface area (Å²) in [4.78, 5) is 0. The molecule has 0 fully saturated rings. The van der Waals surface area contributed by atoms with Crippen molar-refractivity contribution in [3.8, 4) is 0 Å². The fourth-order valence-electron chi connectivity index (χ4n) is 1.81. The fourth-order valence-corrected chi connectivity index (χ4v) is 2.57. The molecule has 0 heterocycles. The molecule has 1 aliphatic rings. The molecule has 0 amide bonds. The van der Waals surface area contributed by atoms with Crippen LogP contribution in [0.15, 0.2) is 35.1 Å². The molecule has 2 unspecified atom stereocenters. The van der Waals surface area contributed by atoms with E-state index in [0.29, 0.717) is 0 Å². The number of rotatable bonds is 6. The van der Waals surface area contributed by atoms with Crippen molar-refractivity contribution in [2.45, 2.75) is 36.7 Å². The summed E-state index contributed by atoms with van der Waals surface area (Å²) < 4.78 is 16.5. The first-order valence-electron chi connectivity index (χ1n) is 6.31. The molecule has 0 aromatic carbocycles. The minimum Gasteiger partial charge on any atom is -0.468 e. The van der Waals surface area contributed by atoms with Crippen molar-refractivity contribution < 1.29 is 14.2 Å². The third-order valence-corrected chi connectivity index (χ3v) is 4.72. The van der Waals surface area contributed by atoms with Crippen molar-refractivity contribution in [3.63, 3.8) is 0 Å². The topological polar surface area (TPSA) is 27.7 Å². The molecule has 108 valence electrons. The van der Waals surface area contributed by atoms with Gasteiger partial charge in [0.2, 0.25) is 0 Å². The highest BCUT2D eigenvalue weighted by atomic mass is 127. The summed E-state index contributed by atoms with van der Waals surface area (Å²) in [6.07, 6.45) is 7.31. The summed E-state index contributed by atoms with van der Waals surface area (Å²) in [7, 11) is 3.37. The fraction of sp³-hybridized carbons (Fsp3) is 0.600. The van der Waals surface area contributed by atoms with Gasteiger partial charge in [0.15, 0.2) is 6.79 Å². The zero-order valence-corrected chi connectivity index (χ0v) is 14.5. The van der Waals surface area contributed by atoms with Gasteiger partial charge in [-0.2, -0.15) is 0 Å². The Bertz CT molecular complexity index is 394. The summed E-state index contributed by atoms with van der Waals surface area (Å²) >= 11 is 2.37. The van der Waals surface area contributed by atoms with Gasteiger partial charge < -0.3 is 14.2 Å². The van der Waals surface area contributed by atoms with Gasteiger partial charge >= 0.3 is 0 Å². The first-order valence-corrected chi connectivity index (χ1v) is 7.55. The van der Waals surface area contributed by atoms with Gasteiger partial charge in [-0.3, -0.25) is 0 Å². The molecule has 0 bridgehead atoms. The van der Waals surface area contributed by atoms with Gasteiger partial charge in [-0.1, -0.05) is 34.2 Å². The lowest BCUT2D eigenvalue weighted by Gasteiger charge is -2.33. The Morgan fingerprint density at radius 2 is 2.11 bits per heavy atom. The maximum atomic E-state index is 5.67. The molecule has 0 spiro atoms. The van der Waals surface area contributed by atoms with Gasteiger partial charge in [-0.25, -0.2) is 0 Å². The van der Waals surface area contributed by atoms with Crippen molar-refractivity contribution in [2.24, 2.45) is 0 Å². The average molecular weight is 378 g/mol. The molecular formula is C15H23IO3. The molecule has 0 aromatic heterocycles. The normalized spacial score (nSPS) is 26.5. The van der Waals surface area contributed by atoms with Crippen LogP contribution < -0.4 is 0 Å². The van der Waals surface area contributed by atoms with Crippen molar-refractivity contribution >= 4 is 22.6 Å². The number of methoxy groups -OCH3 is 2. The average Bonchev–Trinajstić information content (AvgIpc) is 2.37. The number of halogens is 1. The van der Waals surface area contributed by atoms with Gasteiger partial charge in [0, 0.05) is 14.2 Å². The van der Waals surface area contributed by atoms with E-state index in [1.165, 1.54) is 5.57 Å². The van der Waals surface area contributed by atoms with Crippen molar-refractivity contribution in [1.29, 1.82) is 0 Å². The van der Waals surface area contributed by atoms with E-state index in [2.05, 4.69) is 61.6 Å². The van der Waals surface area contributed by atoms with Crippen LogP contribution in [0.3, 0.4) is 0 Å². The predicted octanol–water partition coefficient (Wildman–Crippen LogP) is 4.00. The van der Waals surface area contributed by atoms with Gasteiger partial charge in [-0.05, 0) is 44.9 Å². The minimum absolute atomic E-state index is 0.234. The smallest absolute Gasteiger partial charge is 0.188 e. The monoisotopic (exact) mass is 378 g/mol. The van der Waals surface area contributed by atoms with Crippen LogP contribution in [0.2, 0.25) is 0 Å². The lowest BCUT2D eigenvalue weighted by atomic mass is 9.90. The van der Waals surface area contributed by atoms with Gasteiger partial charge in [-0.15, -0.1) is 0 Å². The molecule has 0 aromatic rings. The molecular weight excluding hydrogens is 355 g/mol. The molecule has 0 saturated carbocycles. The van der Waals surface area contributed by atoms with Crippen LogP contribution >= 0.6 is 22.6 Å². The van der Waals surface area contributed by atoms with Crippen LogP contribution in [0.5, 0.6) is 0 Å². The van der Waals surface area contributed by atoms with E-state index in [-0.39, 0.29) is 16.3 Å². The Hall–Kier alpha value is -0.330. The van der Waals surface area contributed by atoms with Crippen molar-refractivity contribution in [2.75, 3.05) is 21.0 Å². The highest BCUT2D eigenvalue weighted by molar-refractivity contribution is 14.1. The highest BCUT2D eigenvalue weighted by Gasteiger charge is 2.34. The molecule has 0 aliphatic heterocycles. The van der Waals surface area contributed by atoms with Crippen LogP contribution in [0.1, 0.15) is 27.2 Å². The Morgan fingerprint density at radius 1 is 1.42 bits per heavy atom. The van der Waals surface area contributed by atoms with E-state index in [1.807, 2.05) is 0 Å². The van der Waals surface area contributed by atoms with Gasteiger partial charge in [0.25, 0.3) is 0 Å². The van der Waals surface area contributed by atoms with E-state index >= 15 is 0 Å². The van der Waals surface area contributed by atoms with Crippen LogP contribution in [0.25, 0.3) is 0 Å². The standard InChI is InChI=1S/C15H23IO3/c1-11(2)6-7-12-9-15(3,18-5)14(16)8-13(12)19-10-17-4/h6,8-9,14H,7,10H2,1-5H3. The molecule has 0 saturated heterocycles. The summed E-state index contributed by atoms with van der Waals surface area (Å²) in [5, 5.41) is 0. The minimum atomic E-state index is -0.286. The first kappa shape index (κ1) is 16.7. The van der Waals surface area contributed by atoms with E-state index in [4.69, 9.17) is 14.2 Å². The van der Waals surface area contributed by atoms with E-state index < -0.39 is 0 Å². The predicted molar refractivity (Wildman–Crippen MR) is 86.4 cm³/mol. The molecule has 4 heteroatoms. The zero-order valence-electron chi connectivity index (χ0n) is 12.3. The summed E-state index contributed by atoms with van der Waals surface area (Å²) in [5.41, 5.74) is 2.16. The maximum Gasteiger partial charge on any atom is 0.188 e. The Labute approximate surface area is 129 Å². The largest absolute Gasteiger partial charge is 0.468 e. The number of allylic oxidation sites excluding steroid dienone is 3. The van der Waals surface area contributed by atoms with E-state index in [9.17, 15) is 0 Å². The second-order valence-corrected chi connectivity index (χ2v) is 6.37. The Balaban J connectivity index is 2.97. The molecule has 0 radical (unpaired) electrons. The lowest BCUT2D eigenvalue weighted by Crippen LogP contribution is -2.37. The molecule has 3 nitrogen and oxygen atoms in total.